The van der Waals surface area contributed by atoms with Crippen molar-refractivity contribution in [2.24, 2.45) is 0 Å². The molecule has 0 atom stereocenters. The molecule has 0 unspecified atom stereocenters. The summed E-state index contributed by atoms with van der Waals surface area (Å²) in [4.78, 5) is 12.9. The number of carbonyl (C=O) groups excluding carboxylic acids is 1. The monoisotopic (exact) mass is 281 g/mol. The minimum atomic E-state index is 0.285. The highest BCUT2D eigenvalue weighted by atomic mass is 32.2. The standard InChI is InChI=1S/C13H15NO2S2/c1-8-9(16)3-4-10-12(8)13(11(7-15)18-10)17-6-5-14-2/h3-4,7,14,16H,5-6H2,1-2H3. The predicted molar refractivity (Wildman–Crippen MR) is 78.3 cm³/mol. The number of aromatic hydroxyl groups is 1. The molecule has 2 aromatic rings. The molecule has 1 aromatic carbocycles. The summed E-state index contributed by atoms with van der Waals surface area (Å²) < 4.78 is 1.05. The highest BCUT2D eigenvalue weighted by Gasteiger charge is 2.15. The van der Waals surface area contributed by atoms with Crippen molar-refractivity contribution in [3.8, 4) is 5.75 Å². The molecule has 1 aromatic heterocycles. The Hall–Kier alpha value is -1.04. The highest BCUT2D eigenvalue weighted by molar-refractivity contribution is 7.99. The molecular formula is C13H15NO2S2. The summed E-state index contributed by atoms with van der Waals surface area (Å²) >= 11 is 3.15. The molecule has 0 fully saturated rings. The molecule has 0 saturated carbocycles. The van der Waals surface area contributed by atoms with Gasteiger partial charge in [-0.1, -0.05) is 0 Å². The van der Waals surface area contributed by atoms with Gasteiger partial charge in [-0.25, -0.2) is 0 Å². The number of rotatable bonds is 5. The van der Waals surface area contributed by atoms with E-state index < -0.39 is 0 Å². The molecule has 0 radical (unpaired) electrons. The molecule has 0 saturated heterocycles. The second-order valence-electron chi connectivity index (χ2n) is 3.95. The van der Waals surface area contributed by atoms with Crippen LogP contribution in [0.1, 0.15) is 15.2 Å². The van der Waals surface area contributed by atoms with Crippen molar-refractivity contribution in [3.05, 3.63) is 22.6 Å². The Bertz CT molecular complexity index is 578. The highest BCUT2D eigenvalue weighted by Crippen LogP contribution is 2.41. The van der Waals surface area contributed by atoms with Crippen molar-refractivity contribution >= 4 is 39.5 Å². The molecule has 0 amide bonds. The fraction of sp³-hybridized carbons (Fsp3) is 0.308. The summed E-state index contributed by atoms with van der Waals surface area (Å²) in [5, 5.41) is 13.9. The number of thioether (sulfide) groups is 1. The number of phenols is 1. The Morgan fingerprint density at radius 1 is 1.50 bits per heavy atom. The second-order valence-corrected chi connectivity index (χ2v) is 6.14. The van der Waals surface area contributed by atoms with Gasteiger partial charge in [0.05, 0.1) is 4.88 Å². The summed E-state index contributed by atoms with van der Waals surface area (Å²) in [6.45, 7) is 2.78. The molecule has 0 aliphatic heterocycles. The molecule has 0 spiro atoms. The normalized spacial score (nSPS) is 11.0. The van der Waals surface area contributed by atoms with E-state index in [-0.39, 0.29) is 5.75 Å². The lowest BCUT2D eigenvalue weighted by Crippen LogP contribution is -2.09. The molecule has 2 rings (SSSR count). The third-order valence-electron chi connectivity index (χ3n) is 2.77. The molecule has 2 N–H and O–H groups in total. The molecule has 1 heterocycles. The number of hydrogen-bond acceptors (Lipinski definition) is 5. The summed E-state index contributed by atoms with van der Waals surface area (Å²) in [7, 11) is 1.91. The van der Waals surface area contributed by atoms with E-state index in [9.17, 15) is 9.90 Å². The third-order valence-corrected chi connectivity index (χ3v) is 5.11. The topological polar surface area (TPSA) is 49.3 Å². The Kier molecular flexibility index (Phi) is 4.27. The van der Waals surface area contributed by atoms with Gasteiger partial charge in [-0.2, -0.15) is 0 Å². The summed E-state index contributed by atoms with van der Waals surface area (Å²) in [5.41, 5.74) is 0.851. The van der Waals surface area contributed by atoms with Crippen LogP contribution in [-0.2, 0) is 0 Å². The van der Waals surface area contributed by atoms with Gasteiger partial charge in [0, 0.05) is 32.8 Å². The first-order chi connectivity index (χ1) is 8.69. The van der Waals surface area contributed by atoms with E-state index >= 15 is 0 Å². The number of fused-ring (bicyclic) bond motifs is 1. The zero-order chi connectivity index (χ0) is 13.1. The molecule has 3 nitrogen and oxygen atoms in total. The Labute approximate surface area is 114 Å². The van der Waals surface area contributed by atoms with Crippen LogP contribution < -0.4 is 5.32 Å². The van der Waals surface area contributed by atoms with E-state index in [0.717, 1.165) is 44.0 Å². The maximum absolute atomic E-state index is 11.1. The van der Waals surface area contributed by atoms with E-state index in [4.69, 9.17) is 0 Å². The largest absolute Gasteiger partial charge is 0.508 e. The molecule has 18 heavy (non-hydrogen) atoms. The first kappa shape index (κ1) is 13.4. The summed E-state index contributed by atoms with van der Waals surface area (Å²) in [5.74, 6) is 1.19. The number of nitrogens with one attached hydrogen (secondary N) is 1. The van der Waals surface area contributed by atoms with E-state index in [1.165, 1.54) is 11.3 Å². The van der Waals surface area contributed by atoms with Gasteiger partial charge in [-0.15, -0.1) is 23.1 Å². The van der Waals surface area contributed by atoms with Gasteiger partial charge >= 0.3 is 0 Å². The average Bonchev–Trinajstić information content (AvgIpc) is 2.73. The summed E-state index contributed by atoms with van der Waals surface area (Å²) in [6.07, 6.45) is 0.906. The number of carbonyl (C=O) groups is 1. The molecule has 96 valence electrons. The Balaban J connectivity index is 2.52. The second kappa shape index (κ2) is 5.73. The van der Waals surface area contributed by atoms with Crippen LogP contribution in [0.5, 0.6) is 5.75 Å². The lowest BCUT2D eigenvalue weighted by Gasteiger charge is -2.05. The van der Waals surface area contributed by atoms with Crippen LogP contribution in [0.2, 0.25) is 0 Å². The van der Waals surface area contributed by atoms with Crippen LogP contribution >= 0.6 is 23.1 Å². The van der Waals surface area contributed by atoms with E-state index in [0.29, 0.717) is 0 Å². The van der Waals surface area contributed by atoms with Gasteiger partial charge in [-0.3, -0.25) is 4.79 Å². The van der Waals surface area contributed by atoms with Crippen LogP contribution in [0, 0.1) is 6.92 Å². The van der Waals surface area contributed by atoms with Crippen molar-refractivity contribution in [1.82, 2.24) is 5.32 Å². The molecule has 0 aliphatic carbocycles. The van der Waals surface area contributed by atoms with Crippen LogP contribution in [0.3, 0.4) is 0 Å². The molecule has 0 bridgehead atoms. The first-order valence-corrected chi connectivity index (χ1v) is 7.47. The number of aldehydes is 1. The first-order valence-electron chi connectivity index (χ1n) is 5.66. The van der Waals surface area contributed by atoms with Crippen molar-refractivity contribution in [1.29, 1.82) is 0 Å². The van der Waals surface area contributed by atoms with Gasteiger partial charge in [0.2, 0.25) is 0 Å². The van der Waals surface area contributed by atoms with Gasteiger partial charge in [0.1, 0.15) is 5.75 Å². The molecule has 0 aliphatic rings. The van der Waals surface area contributed by atoms with E-state index in [1.54, 1.807) is 17.8 Å². The fourth-order valence-corrected chi connectivity index (χ4v) is 4.25. The quantitative estimate of drug-likeness (QED) is 0.502. The maximum Gasteiger partial charge on any atom is 0.161 e. The number of hydrogen-bond donors (Lipinski definition) is 2. The molecule has 5 heteroatoms. The Morgan fingerprint density at radius 3 is 2.94 bits per heavy atom. The van der Waals surface area contributed by atoms with Crippen molar-refractivity contribution in [2.45, 2.75) is 11.8 Å². The van der Waals surface area contributed by atoms with E-state index in [1.807, 2.05) is 20.0 Å². The van der Waals surface area contributed by atoms with Crippen molar-refractivity contribution < 1.29 is 9.90 Å². The average molecular weight is 281 g/mol. The van der Waals surface area contributed by atoms with Gasteiger partial charge in [0.15, 0.2) is 6.29 Å². The number of benzene rings is 1. The smallest absolute Gasteiger partial charge is 0.161 e. The van der Waals surface area contributed by atoms with Gasteiger partial charge in [0.25, 0.3) is 0 Å². The molecular weight excluding hydrogens is 266 g/mol. The fourth-order valence-electron chi connectivity index (χ4n) is 1.81. The Morgan fingerprint density at radius 2 is 2.28 bits per heavy atom. The van der Waals surface area contributed by atoms with Crippen LogP contribution in [-0.4, -0.2) is 30.7 Å². The van der Waals surface area contributed by atoms with Crippen molar-refractivity contribution in [2.75, 3.05) is 19.3 Å². The third kappa shape index (κ3) is 2.39. The van der Waals surface area contributed by atoms with Crippen LogP contribution in [0.15, 0.2) is 17.0 Å². The summed E-state index contributed by atoms with van der Waals surface area (Å²) in [6, 6.07) is 3.56. The minimum absolute atomic E-state index is 0.285. The zero-order valence-electron chi connectivity index (χ0n) is 10.3. The van der Waals surface area contributed by atoms with Crippen LogP contribution in [0.4, 0.5) is 0 Å². The van der Waals surface area contributed by atoms with Crippen molar-refractivity contribution in [3.63, 3.8) is 0 Å². The lowest BCUT2D eigenvalue weighted by atomic mass is 10.1. The zero-order valence-corrected chi connectivity index (χ0v) is 12.0. The van der Waals surface area contributed by atoms with Crippen LogP contribution in [0.25, 0.3) is 10.1 Å². The van der Waals surface area contributed by atoms with Gasteiger partial charge < -0.3 is 10.4 Å². The predicted octanol–water partition coefficient (Wildman–Crippen LogP) is 3.04. The number of thiophene rings is 1. The van der Waals surface area contributed by atoms with Gasteiger partial charge in [-0.05, 0) is 26.1 Å². The minimum Gasteiger partial charge on any atom is -0.508 e. The van der Waals surface area contributed by atoms with E-state index in [2.05, 4.69) is 5.32 Å². The SMILES string of the molecule is CNCCSc1c(C=O)sc2ccc(O)c(C)c12. The number of aryl methyl sites for hydroxylation is 1. The number of phenolic OH excluding ortho intramolecular Hbond substituents is 1. The lowest BCUT2D eigenvalue weighted by molar-refractivity contribution is 0.112. The maximum atomic E-state index is 11.1.